The van der Waals surface area contributed by atoms with Crippen molar-refractivity contribution < 1.29 is 0 Å². The Hall–Kier alpha value is -9.77. The van der Waals surface area contributed by atoms with Crippen molar-refractivity contribution in [3.05, 3.63) is 260 Å². The minimum atomic E-state index is 0.0316. The van der Waals surface area contributed by atoms with E-state index in [1.54, 1.807) is 0 Å². The van der Waals surface area contributed by atoms with E-state index in [-0.39, 0.29) is 6.71 Å². The Morgan fingerprint density at radius 3 is 1.46 bits per heavy atom. The summed E-state index contributed by atoms with van der Waals surface area (Å²) in [7, 11) is 0. The van der Waals surface area contributed by atoms with Crippen LogP contribution in [0, 0.1) is 6.57 Å². The van der Waals surface area contributed by atoms with Gasteiger partial charge in [-0.25, -0.2) is 14.8 Å². The highest BCUT2D eigenvalue weighted by molar-refractivity contribution is 7.00. The molecule has 7 heteroatoms. The molecule has 0 saturated carbocycles. The quantitative estimate of drug-likeness (QED) is 0.118. The predicted octanol–water partition coefficient (Wildman–Crippen LogP) is 14.9. The van der Waals surface area contributed by atoms with Gasteiger partial charge in [0.1, 0.15) is 0 Å². The summed E-state index contributed by atoms with van der Waals surface area (Å²) in [6.45, 7) is 8.36. The van der Waals surface area contributed by atoms with Crippen molar-refractivity contribution in [1.82, 2.24) is 14.5 Å². The van der Waals surface area contributed by atoms with E-state index in [9.17, 15) is 0 Å². The molecule has 14 rings (SSSR count). The average Bonchev–Trinajstić information content (AvgIpc) is 3.79. The van der Waals surface area contributed by atoms with Gasteiger partial charge in [-0.15, -0.1) is 0 Å². The van der Waals surface area contributed by atoms with E-state index in [2.05, 4.69) is 213 Å². The maximum atomic E-state index is 8.33. The van der Waals surface area contributed by atoms with Crippen molar-refractivity contribution in [3.8, 4) is 50.7 Å². The fourth-order valence-electron chi connectivity index (χ4n) is 11.2. The van der Waals surface area contributed by atoms with Crippen molar-refractivity contribution in [2.75, 3.05) is 9.80 Å². The topological polar surface area (TPSA) is 41.6 Å². The number of fused-ring (bicyclic) bond motifs is 7. The first-order chi connectivity index (χ1) is 35.7. The summed E-state index contributed by atoms with van der Waals surface area (Å²) in [5, 5.41) is 2.24. The molecule has 72 heavy (non-hydrogen) atoms. The monoisotopic (exact) mass is 916 g/mol. The van der Waals surface area contributed by atoms with Crippen molar-refractivity contribution >= 4 is 84.7 Å². The number of aromatic nitrogens is 3. The molecule has 0 spiro atoms. The van der Waals surface area contributed by atoms with Gasteiger partial charge in [-0.3, -0.25) is 0 Å². The molecule has 0 radical (unpaired) electrons. The Labute approximate surface area is 417 Å². The van der Waals surface area contributed by atoms with Crippen LogP contribution in [0.4, 0.5) is 39.8 Å². The maximum absolute atomic E-state index is 8.33. The van der Waals surface area contributed by atoms with Gasteiger partial charge in [0, 0.05) is 67.3 Å². The molecule has 334 valence electrons. The Morgan fingerprint density at radius 1 is 0.361 bits per heavy atom. The molecule has 0 unspecified atom stereocenters. The van der Waals surface area contributed by atoms with Crippen molar-refractivity contribution in [1.29, 1.82) is 0 Å². The molecule has 6 nitrogen and oxygen atoms in total. The number of hydrogen-bond acceptors (Lipinski definition) is 4. The average molecular weight is 917 g/mol. The third-order valence-corrected chi connectivity index (χ3v) is 14.3. The van der Waals surface area contributed by atoms with E-state index >= 15 is 0 Å². The highest BCUT2D eigenvalue weighted by Gasteiger charge is 2.43. The van der Waals surface area contributed by atoms with Crippen LogP contribution in [0.1, 0.15) is 0 Å². The molecule has 0 amide bonds. The third-order valence-electron chi connectivity index (χ3n) is 14.3. The fraction of sp³-hybridized carbons (Fsp3) is 0. The second-order valence-electron chi connectivity index (χ2n) is 18.4. The van der Waals surface area contributed by atoms with Crippen LogP contribution >= 0.6 is 0 Å². The molecule has 0 atom stereocenters. The summed E-state index contributed by atoms with van der Waals surface area (Å²) in [6, 6.07) is 88.1. The van der Waals surface area contributed by atoms with Gasteiger partial charge in [-0.05, 0) is 119 Å². The zero-order chi connectivity index (χ0) is 47.7. The summed E-state index contributed by atoms with van der Waals surface area (Å²) in [4.78, 5) is 19.3. The molecule has 2 aliphatic heterocycles. The molecule has 2 aromatic heterocycles. The lowest BCUT2D eigenvalue weighted by Crippen LogP contribution is -2.61. The number of anilines is 6. The minimum absolute atomic E-state index is 0.0316. The second-order valence-corrected chi connectivity index (χ2v) is 18.4. The van der Waals surface area contributed by atoms with Gasteiger partial charge in [0.25, 0.3) is 6.71 Å². The van der Waals surface area contributed by atoms with Crippen LogP contribution in [0.15, 0.2) is 249 Å². The Bertz CT molecular complexity index is 3960. The van der Waals surface area contributed by atoms with Crippen LogP contribution in [0.25, 0.3) is 77.4 Å². The smallest absolute Gasteiger partial charge is 0.252 e. The summed E-state index contributed by atoms with van der Waals surface area (Å²) in [5.74, 6) is 0.558. The van der Waals surface area contributed by atoms with Gasteiger partial charge >= 0.3 is 0 Å². The Morgan fingerprint density at radius 2 is 0.875 bits per heavy atom. The Kier molecular flexibility index (Phi) is 9.58. The molecular formula is C65H41BN6. The minimum Gasteiger partial charge on any atom is -0.311 e. The first-order valence-corrected chi connectivity index (χ1v) is 24.3. The highest BCUT2D eigenvalue weighted by Crippen LogP contribution is 2.47. The zero-order valence-corrected chi connectivity index (χ0v) is 38.9. The standard InChI is InChI=1S/C65H41BN6/c1-67-48-36-47(65-68-56(43-20-6-2-7-21-43)42-57(69-65)44-22-8-3-9-23-44)37-51(41-48)72-58-31-17-14-28-52(58)53-38-45(34-35-59(53)72)46-39-62-64-63(40-46)71(50-26-12-5-13-27-50)61-33-19-16-30-55(61)66(64)54-29-15-18-32-60(54)70(62)49-24-10-4-11-25-49/h2-42H. The van der Waals surface area contributed by atoms with Gasteiger partial charge in [0.05, 0.1) is 29.0 Å². The lowest BCUT2D eigenvalue weighted by Gasteiger charge is -2.44. The SMILES string of the molecule is [C-]#[N+]c1cc(-c2nc(-c3ccccc3)cc(-c3ccccc3)n2)cc(-n2c3ccccc3c3cc(-c4cc5c6c(c4)N(c4ccccc4)c4ccccc4B6c4ccccc4N5c4ccccc4)ccc32)c1. The number of hydrogen-bond donors (Lipinski definition) is 0. The molecule has 0 bridgehead atoms. The molecule has 12 aromatic rings. The van der Waals surface area contributed by atoms with E-state index in [1.165, 1.54) is 27.8 Å². The number of rotatable bonds is 7. The lowest BCUT2D eigenvalue weighted by molar-refractivity contribution is 1.16. The van der Waals surface area contributed by atoms with E-state index in [1.807, 2.05) is 54.6 Å². The fourth-order valence-corrected chi connectivity index (χ4v) is 11.2. The largest absolute Gasteiger partial charge is 0.311 e. The van der Waals surface area contributed by atoms with Gasteiger partial charge in [-0.1, -0.05) is 158 Å². The summed E-state index contributed by atoms with van der Waals surface area (Å²) < 4.78 is 2.29. The normalized spacial score (nSPS) is 12.3. The van der Waals surface area contributed by atoms with E-state index in [0.717, 1.165) is 89.4 Å². The molecule has 2 aliphatic rings. The summed E-state index contributed by atoms with van der Waals surface area (Å²) in [5.41, 5.74) is 20.8. The molecule has 0 N–H and O–H groups in total. The summed E-state index contributed by atoms with van der Waals surface area (Å²) >= 11 is 0. The van der Waals surface area contributed by atoms with Gasteiger partial charge in [0.15, 0.2) is 11.5 Å². The number of para-hydroxylation sites is 5. The first-order valence-electron chi connectivity index (χ1n) is 24.3. The zero-order valence-electron chi connectivity index (χ0n) is 38.9. The Balaban J connectivity index is 0.975. The van der Waals surface area contributed by atoms with Gasteiger partial charge in [0.2, 0.25) is 0 Å². The first kappa shape index (κ1) is 41.2. The van der Waals surface area contributed by atoms with Gasteiger partial charge in [-0.2, -0.15) is 0 Å². The molecule has 0 fully saturated rings. The van der Waals surface area contributed by atoms with Crippen LogP contribution in [0.3, 0.4) is 0 Å². The van der Waals surface area contributed by atoms with E-state index in [0.29, 0.717) is 11.5 Å². The van der Waals surface area contributed by atoms with Crippen LogP contribution in [-0.2, 0) is 0 Å². The predicted molar refractivity (Wildman–Crippen MR) is 298 cm³/mol. The summed E-state index contributed by atoms with van der Waals surface area (Å²) in [6.07, 6.45) is 0. The molecular weight excluding hydrogens is 876 g/mol. The number of benzene rings is 10. The van der Waals surface area contributed by atoms with Crippen molar-refractivity contribution in [2.45, 2.75) is 0 Å². The highest BCUT2D eigenvalue weighted by atomic mass is 15.2. The molecule has 4 heterocycles. The number of nitrogens with zero attached hydrogens (tertiary/aromatic N) is 6. The van der Waals surface area contributed by atoms with E-state index < -0.39 is 0 Å². The molecule has 0 saturated heterocycles. The van der Waals surface area contributed by atoms with Crippen LogP contribution in [0.2, 0.25) is 0 Å². The molecule has 10 aromatic carbocycles. The van der Waals surface area contributed by atoms with Gasteiger partial charge < -0.3 is 14.4 Å². The maximum Gasteiger partial charge on any atom is 0.252 e. The van der Waals surface area contributed by atoms with Crippen LogP contribution < -0.4 is 26.2 Å². The van der Waals surface area contributed by atoms with Crippen LogP contribution in [0.5, 0.6) is 0 Å². The lowest BCUT2D eigenvalue weighted by atomic mass is 9.33. The molecule has 0 aliphatic carbocycles. The van der Waals surface area contributed by atoms with Crippen molar-refractivity contribution in [3.63, 3.8) is 0 Å². The van der Waals surface area contributed by atoms with Crippen molar-refractivity contribution in [2.24, 2.45) is 0 Å². The second kappa shape index (κ2) is 16.7. The van der Waals surface area contributed by atoms with E-state index in [4.69, 9.17) is 16.5 Å². The third kappa shape index (κ3) is 6.65. The van der Waals surface area contributed by atoms with Crippen LogP contribution in [-0.4, -0.2) is 21.2 Å².